The monoisotopic (exact) mass is 316 g/mol. The van der Waals surface area contributed by atoms with E-state index >= 15 is 0 Å². The number of halogens is 2. The Labute approximate surface area is 131 Å². The van der Waals surface area contributed by atoms with Gasteiger partial charge in [-0.3, -0.25) is 4.90 Å². The molecule has 0 amide bonds. The van der Waals surface area contributed by atoms with Gasteiger partial charge < -0.3 is 10.5 Å². The molecule has 0 spiro atoms. The fourth-order valence-electron chi connectivity index (χ4n) is 2.61. The van der Waals surface area contributed by atoms with E-state index in [0.29, 0.717) is 28.3 Å². The summed E-state index contributed by atoms with van der Waals surface area (Å²) < 4.78 is 5.73. The number of benzene rings is 1. The molecule has 0 saturated carbocycles. The molecule has 1 aromatic rings. The summed E-state index contributed by atoms with van der Waals surface area (Å²) in [6.07, 6.45) is 1.21. The largest absolute Gasteiger partial charge is 0.491 e. The van der Waals surface area contributed by atoms with E-state index < -0.39 is 0 Å². The van der Waals surface area contributed by atoms with E-state index in [1.807, 2.05) is 6.07 Å². The lowest BCUT2D eigenvalue weighted by Gasteiger charge is -2.36. The Hall–Kier alpha value is -0.480. The highest BCUT2D eigenvalue weighted by atomic mass is 35.5. The normalized spacial score (nSPS) is 23.8. The second-order valence-corrected chi connectivity index (χ2v) is 6.33. The second kappa shape index (κ2) is 7.51. The third-order valence-corrected chi connectivity index (χ3v) is 4.59. The van der Waals surface area contributed by atoms with E-state index in [4.69, 9.17) is 33.7 Å². The zero-order valence-electron chi connectivity index (χ0n) is 11.8. The summed E-state index contributed by atoms with van der Waals surface area (Å²) in [7, 11) is 0. The summed E-state index contributed by atoms with van der Waals surface area (Å²) in [6.45, 7) is 6.78. The molecule has 2 unspecified atom stereocenters. The van der Waals surface area contributed by atoms with Crippen molar-refractivity contribution in [3.63, 3.8) is 0 Å². The first kappa shape index (κ1) is 15.9. The van der Waals surface area contributed by atoms with Crippen LogP contribution in [0.1, 0.15) is 13.3 Å². The average molecular weight is 317 g/mol. The Balaban J connectivity index is 1.78. The van der Waals surface area contributed by atoms with Crippen LogP contribution in [0, 0.1) is 11.8 Å². The molecule has 112 valence electrons. The Morgan fingerprint density at radius 3 is 2.90 bits per heavy atom. The lowest BCUT2D eigenvalue weighted by molar-refractivity contribution is 0.114. The molecule has 0 bridgehead atoms. The van der Waals surface area contributed by atoms with Gasteiger partial charge in [-0.25, -0.2) is 0 Å². The first-order chi connectivity index (χ1) is 9.60. The maximum Gasteiger partial charge on any atom is 0.138 e. The summed E-state index contributed by atoms with van der Waals surface area (Å²) in [5.41, 5.74) is 5.82. The summed E-state index contributed by atoms with van der Waals surface area (Å²) >= 11 is 11.9. The van der Waals surface area contributed by atoms with Crippen LogP contribution < -0.4 is 10.5 Å². The molecule has 2 rings (SSSR count). The quantitative estimate of drug-likeness (QED) is 0.906. The highest BCUT2D eigenvalue weighted by molar-refractivity contribution is 6.35. The van der Waals surface area contributed by atoms with Crippen molar-refractivity contribution in [2.45, 2.75) is 13.3 Å². The van der Waals surface area contributed by atoms with Gasteiger partial charge in [-0.05, 0) is 49.5 Å². The molecular formula is C15H22Cl2N2O. The van der Waals surface area contributed by atoms with Gasteiger partial charge in [0.25, 0.3) is 0 Å². The lowest BCUT2D eigenvalue weighted by atomic mass is 9.87. The lowest BCUT2D eigenvalue weighted by Crippen LogP contribution is -2.44. The van der Waals surface area contributed by atoms with Crippen LogP contribution >= 0.6 is 23.2 Å². The van der Waals surface area contributed by atoms with Crippen LogP contribution in [0.2, 0.25) is 10.0 Å². The van der Waals surface area contributed by atoms with E-state index in [2.05, 4.69) is 11.8 Å². The number of hydrogen-bond acceptors (Lipinski definition) is 3. The minimum absolute atomic E-state index is 0.560. The molecule has 1 aliphatic heterocycles. The Bertz CT molecular complexity index is 442. The number of likely N-dealkylation sites (tertiary alicyclic amines) is 1. The van der Waals surface area contributed by atoms with E-state index in [9.17, 15) is 0 Å². The molecule has 1 heterocycles. The fourth-order valence-corrected chi connectivity index (χ4v) is 3.07. The van der Waals surface area contributed by atoms with Crippen LogP contribution in [0.25, 0.3) is 0 Å². The number of ether oxygens (including phenoxy) is 1. The van der Waals surface area contributed by atoms with Crippen molar-refractivity contribution < 1.29 is 4.74 Å². The van der Waals surface area contributed by atoms with Gasteiger partial charge in [-0.1, -0.05) is 30.1 Å². The maximum atomic E-state index is 6.08. The molecule has 20 heavy (non-hydrogen) atoms. The fraction of sp³-hybridized carbons (Fsp3) is 0.600. The molecule has 2 N–H and O–H groups in total. The highest BCUT2D eigenvalue weighted by Crippen LogP contribution is 2.27. The minimum Gasteiger partial charge on any atom is -0.491 e. The number of piperidine rings is 1. The molecule has 0 radical (unpaired) electrons. The summed E-state index contributed by atoms with van der Waals surface area (Å²) in [5, 5.41) is 1.18. The SMILES string of the molecule is CC1CCN(CCOc2ccc(Cl)cc2Cl)CC1CN. The zero-order chi connectivity index (χ0) is 14.5. The molecule has 5 heteroatoms. The number of hydrogen-bond donors (Lipinski definition) is 1. The first-order valence-electron chi connectivity index (χ1n) is 7.10. The van der Waals surface area contributed by atoms with E-state index in [1.54, 1.807) is 12.1 Å². The van der Waals surface area contributed by atoms with Crippen LogP contribution in [0.5, 0.6) is 5.75 Å². The Kier molecular flexibility index (Phi) is 5.97. The van der Waals surface area contributed by atoms with Gasteiger partial charge in [0.15, 0.2) is 0 Å². The highest BCUT2D eigenvalue weighted by Gasteiger charge is 2.24. The van der Waals surface area contributed by atoms with Gasteiger partial charge in [0, 0.05) is 18.1 Å². The third-order valence-electron chi connectivity index (χ3n) is 4.06. The van der Waals surface area contributed by atoms with Crippen molar-refractivity contribution in [1.29, 1.82) is 0 Å². The second-order valence-electron chi connectivity index (χ2n) is 5.49. The van der Waals surface area contributed by atoms with Gasteiger partial charge in [-0.2, -0.15) is 0 Å². The molecule has 3 nitrogen and oxygen atoms in total. The van der Waals surface area contributed by atoms with Gasteiger partial charge in [0.1, 0.15) is 12.4 Å². The van der Waals surface area contributed by atoms with E-state index in [-0.39, 0.29) is 0 Å². The molecule has 0 aliphatic carbocycles. The van der Waals surface area contributed by atoms with Gasteiger partial charge in [0.2, 0.25) is 0 Å². The van der Waals surface area contributed by atoms with E-state index in [1.165, 1.54) is 6.42 Å². The van der Waals surface area contributed by atoms with Crippen molar-refractivity contribution in [2.75, 3.05) is 32.8 Å². The molecule has 1 aliphatic rings. The smallest absolute Gasteiger partial charge is 0.138 e. The Morgan fingerprint density at radius 1 is 1.40 bits per heavy atom. The zero-order valence-corrected chi connectivity index (χ0v) is 13.3. The van der Waals surface area contributed by atoms with Gasteiger partial charge >= 0.3 is 0 Å². The molecule has 0 aromatic heterocycles. The van der Waals surface area contributed by atoms with Crippen molar-refractivity contribution in [3.05, 3.63) is 28.2 Å². The topological polar surface area (TPSA) is 38.5 Å². The van der Waals surface area contributed by atoms with Crippen LogP contribution in [-0.4, -0.2) is 37.7 Å². The predicted molar refractivity (Wildman–Crippen MR) is 84.7 cm³/mol. The minimum atomic E-state index is 0.560. The first-order valence-corrected chi connectivity index (χ1v) is 7.86. The predicted octanol–water partition coefficient (Wildman–Crippen LogP) is 3.29. The molecule has 1 aromatic carbocycles. The van der Waals surface area contributed by atoms with Crippen molar-refractivity contribution in [3.8, 4) is 5.75 Å². The van der Waals surface area contributed by atoms with Crippen molar-refractivity contribution in [2.24, 2.45) is 17.6 Å². The van der Waals surface area contributed by atoms with Crippen molar-refractivity contribution in [1.82, 2.24) is 4.90 Å². The van der Waals surface area contributed by atoms with Crippen LogP contribution in [-0.2, 0) is 0 Å². The molecule has 1 saturated heterocycles. The van der Waals surface area contributed by atoms with Crippen LogP contribution in [0.4, 0.5) is 0 Å². The van der Waals surface area contributed by atoms with Crippen LogP contribution in [0.3, 0.4) is 0 Å². The third kappa shape index (κ3) is 4.26. The molecular weight excluding hydrogens is 295 g/mol. The summed E-state index contributed by atoms with van der Waals surface area (Å²) in [6, 6.07) is 5.30. The number of nitrogens with zero attached hydrogens (tertiary/aromatic N) is 1. The Morgan fingerprint density at radius 2 is 2.20 bits per heavy atom. The molecule has 1 fully saturated rings. The maximum absolute atomic E-state index is 6.08. The number of nitrogens with two attached hydrogens (primary N) is 1. The van der Waals surface area contributed by atoms with E-state index in [0.717, 1.165) is 32.1 Å². The summed E-state index contributed by atoms with van der Waals surface area (Å²) in [4.78, 5) is 2.42. The standard InChI is InChI=1S/C15H22Cl2N2O/c1-11-4-5-19(10-12(11)9-18)6-7-20-15-3-2-13(16)8-14(15)17/h2-3,8,11-12H,4-7,9-10,18H2,1H3. The number of rotatable bonds is 5. The van der Waals surface area contributed by atoms with Gasteiger partial charge in [-0.15, -0.1) is 0 Å². The van der Waals surface area contributed by atoms with Crippen molar-refractivity contribution >= 4 is 23.2 Å². The van der Waals surface area contributed by atoms with Gasteiger partial charge in [0.05, 0.1) is 5.02 Å². The molecule has 2 atom stereocenters. The average Bonchev–Trinajstić information content (AvgIpc) is 2.43. The summed E-state index contributed by atoms with van der Waals surface area (Å²) in [5.74, 6) is 2.02. The van der Waals surface area contributed by atoms with Crippen LogP contribution in [0.15, 0.2) is 18.2 Å².